The molecule has 0 radical (unpaired) electrons. The maximum atomic E-state index is 12.9. The van der Waals surface area contributed by atoms with E-state index in [0.29, 0.717) is 35.9 Å². The van der Waals surface area contributed by atoms with Crippen LogP contribution in [0.1, 0.15) is 34.7 Å². The zero-order chi connectivity index (χ0) is 18.0. The molecule has 1 saturated heterocycles. The van der Waals surface area contributed by atoms with E-state index in [2.05, 4.69) is 5.32 Å². The van der Waals surface area contributed by atoms with E-state index >= 15 is 0 Å². The van der Waals surface area contributed by atoms with Gasteiger partial charge in [-0.15, -0.1) is 0 Å². The number of carbonyl (C=O) groups is 2. The summed E-state index contributed by atoms with van der Waals surface area (Å²) in [5.74, 6) is 0.413. The van der Waals surface area contributed by atoms with Crippen molar-refractivity contribution in [2.75, 3.05) is 18.4 Å². The highest BCUT2D eigenvalue weighted by Crippen LogP contribution is 2.23. The Balaban J connectivity index is 1.66. The number of piperidine rings is 1. The summed E-state index contributed by atoms with van der Waals surface area (Å²) in [5, 5.41) is 2.79. The quantitative estimate of drug-likeness (QED) is 0.926. The molecule has 0 saturated carbocycles. The summed E-state index contributed by atoms with van der Waals surface area (Å²) in [6, 6.07) is 7.39. The molecular weight excluding hydrogens is 323 g/mol. The van der Waals surface area contributed by atoms with E-state index in [0.717, 1.165) is 12.8 Å². The fraction of sp³-hybridized carbons (Fsp3) is 0.368. The molecule has 0 aliphatic carbocycles. The molecule has 1 N–H and O–H groups in total. The molecule has 3 rings (SSSR count). The van der Waals surface area contributed by atoms with Crippen LogP contribution in [0.3, 0.4) is 0 Å². The molecule has 25 heavy (non-hydrogen) atoms. The molecule has 2 aromatic rings. The number of anilines is 1. The third kappa shape index (κ3) is 3.90. The number of carbonyl (C=O) groups excluding carboxylic acids is 2. The Hall–Kier alpha value is -2.63. The summed E-state index contributed by atoms with van der Waals surface area (Å²) in [6.07, 6.45) is 1.49. The average Bonchev–Trinajstić information content (AvgIpc) is 2.94. The highest BCUT2D eigenvalue weighted by molar-refractivity contribution is 5.97. The largest absolute Gasteiger partial charge is 0.466 e. The summed E-state index contributed by atoms with van der Waals surface area (Å²) in [4.78, 5) is 26.9. The number of aryl methyl sites for hydroxylation is 2. The van der Waals surface area contributed by atoms with Gasteiger partial charge in [-0.25, -0.2) is 4.39 Å². The van der Waals surface area contributed by atoms with Crippen molar-refractivity contribution in [2.45, 2.75) is 26.7 Å². The van der Waals surface area contributed by atoms with Crippen LogP contribution in [-0.2, 0) is 4.79 Å². The number of furan rings is 1. The van der Waals surface area contributed by atoms with Gasteiger partial charge < -0.3 is 14.6 Å². The van der Waals surface area contributed by atoms with Gasteiger partial charge in [0.1, 0.15) is 17.3 Å². The number of benzene rings is 1. The Morgan fingerprint density at radius 3 is 2.60 bits per heavy atom. The number of hydrogen-bond acceptors (Lipinski definition) is 3. The van der Waals surface area contributed by atoms with Crippen LogP contribution in [0.2, 0.25) is 0 Å². The van der Waals surface area contributed by atoms with Crippen molar-refractivity contribution >= 4 is 17.5 Å². The lowest BCUT2D eigenvalue weighted by Gasteiger charge is -2.32. The van der Waals surface area contributed by atoms with E-state index < -0.39 is 0 Å². The van der Waals surface area contributed by atoms with Crippen molar-refractivity contribution < 1.29 is 18.4 Å². The summed E-state index contributed by atoms with van der Waals surface area (Å²) < 4.78 is 18.4. The number of nitrogens with one attached hydrogen (secondary N) is 1. The number of likely N-dealkylation sites (tertiary alicyclic amines) is 1. The Kier molecular flexibility index (Phi) is 4.88. The van der Waals surface area contributed by atoms with Gasteiger partial charge in [-0.3, -0.25) is 9.59 Å². The van der Waals surface area contributed by atoms with E-state index in [9.17, 15) is 14.0 Å². The normalized spacial score (nSPS) is 17.4. The first kappa shape index (κ1) is 17.2. The summed E-state index contributed by atoms with van der Waals surface area (Å²) in [6.45, 7) is 4.57. The predicted octanol–water partition coefficient (Wildman–Crippen LogP) is 3.53. The second-order valence-electron chi connectivity index (χ2n) is 6.41. The first-order chi connectivity index (χ1) is 11.9. The van der Waals surface area contributed by atoms with E-state index in [1.54, 1.807) is 24.8 Å². The van der Waals surface area contributed by atoms with Gasteiger partial charge in [-0.1, -0.05) is 0 Å². The van der Waals surface area contributed by atoms with Gasteiger partial charge in [0.05, 0.1) is 11.5 Å². The minimum absolute atomic E-state index is 0.103. The van der Waals surface area contributed by atoms with E-state index in [4.69, 9.17) is 4.42 Å². The van der Waals surface area contributed by atoms with Crippen molar-refractivity contribution in [2.24, 2.45) is 5.92 Å². The maximum Gasteiger partial charge on any atom is 0.257 e. The summed E-state index contributed by atoms with van der Waals surface area (Å²) in [7, 11) is 0. The third-order valence-corrected chi connectivity index (χ3v) is 4.46. The highest BCUT2D eigenvalue weighted by Gasteiger charge is 2.30. The molecular formula is C19H21FN2O3. The fourth-order valence-electron chi connectivity index (χ4n) is 3.17. The number of halogens is 1. The van der Waals surface area contributed by atoms with Crippen molar-refractivity contribution in [1.29, 1.82) is 0 Å². The molecule has 1 atom stereocenters. The second-order valence-corrected chi connectivity index (χ2v) is 6.41. The lowest BCUT2D eigenvalue weighted by Crippen LogP contribution is -2.43. The van der Waals surface area contributed by atoms with Crippen LogP contribution >= 0.6 is 0 Å². The van der Waals surface area contributed by atoms with E-state index in [1.165, 1.54) is 24.3 Å². The Labute approximate surface area is 145 Å². The third-order valence-electron chi connectivity index (χ3n) is 4.46. The average molecular weight is 344 g/mol. The monoisotopic (exact) mass is 344 g/mol. The van der Waals surface area contributed by atoms with Crippen molar-refractivity contribution in [1.82, 2.24) is 4.90 Å². The van der Waals surface area contributed by atoms with Crippen LogP contribution in [0, 0.1) is 25.6 Å². The molecule has 1 aliphatic heterocycles. The molecule has 0 bridgehead atoms. The number of nitrogens with zero attached hydrogens (tertiary/aromatic N) is 1. The molecule has 1 aromatic heterocycles. The lowest BCUT2D eigenvalue weighted by atomic mass is 9.96. The van der Waals surface area contributed by atoms with Crippen LogP contribution in [0.5, 0.6) is 0 Å². The molecule has 2 amide bonds. The topological polar surface area (TPSA) is 62.6 Å². The summed E-state index contributed by atoms with van der Waals surface area (Å²) in [5.41, 5.74) is 1.10. The van der Waals surface area contributed by atoms with Gasteiger partial charge in [-0.05, 0) is 57.0 Å². The first-order valence-corrected chi connectivity index (χ1v) is 8.37. The van der Waals surface area contributed by atoms with Gasteiger partial charge >= 0.3 is 0 Å². The molecule has 0 spiro atoms. The maximum absolute atomic E-state index is 12.9. The number of hydrogen-bond donors (Lipinski definition) is 1. The number of rotatable bonds is 3. The molecule has 1 fully saturated rings. The smallest absolute Gasteiger partial charge is 0.257 e. The van der Waals surface area contributed by atoms with Gasteiger partial charge in [0.15, 0.2) is 0 Å². The molecule has 2 heterocycles. The van der Waals surface area contributed by atoms with Crippen LogP contribution in [-0.4, -0.2) is 29.8 Å². The van der Waals surface area contributed by atoms with Crippen LogP contribution in [0.4, 0.5) is 10.1 Å². The highest BCUT2D eigenvalue weighted by atomic mass is 19.1. The molecule has 5 nitrogen and oxygen atoms in total. The lowest BCUT2D eigenvalue weighted by molar-refractivity contribution is -0.121. The van der Waals surface area contributed by atoms with Crippen LogP contribution in [0.25, 0.3) is 0 Å². The number of amides is 2. The van der Waals surface area contributed by atoms with Gasteiger partial charge in [0, 0.05) is 18.8 Å². The van der Waals surface area contributed by atoms with E-state index in [1.807, 2.05) is 0 Å². The van der Waals surface area contributed by atoms with Gasteiger partial charge in [0.25, 0.3) is 5.91 Å². The molecule has 6 heteroatoms. The first-order valence-electron chi connectivity index (χ1n) is 8.37. The molecule has 1 unspecified atom stereocenters. The van der Waals surface area contributed by atoms with Crippen LogP contribution < -0.4 is 5.32 Å². The van der Waals surface area contributed by atoms with Crippen molar-refractivity contribution in [3.05, 3.63) is 53.2 Å². The van der Waals surface area contributed by atoms with Crippen molar-refractivity contribution in [3.8, 4) is 0 Å². The predicted molar refractivity (Wildman–Crippen MR) is 91.8 cm³/mol. The van der Waals surface area contributed by atoms with Crippen LogP contribution in [0.15, 0.2) is 34.7 Å². The second kappa shape index (κ2) is 7.09. The zero-order valence-electron chi connectivity index (χ0n) is 14.3. The molecule has 132 valence electrons. The van der Waals surface area contributed by atoms with Crippen molar-refractivity contribution in [3.63, 3.8) is 0 Å². The Morgan fingerprint density at radius 1 is 1.24 bits per heavy atom. The van der Waals surface area contributed by atoms with Gasteiger partial charge in [-0.2, -0.15) is 0 Å². The van der Waals surface area contributed by atoms with E-state index in [-0.39, 0.29) is 23.5 Å². The Morgan fingerprint density at radius 2 is 1.96 bits per heavy atom. The molecule has 1 aliphatic rings. The minimum Gasteiger partial charge on any atom is -0.466 e. The minimum atomic E-state index is -0.349. The molecule has 1 aromatic carbocycles. The fourth-order valence-corrected chi connectivity index (χ4v) is 3.17. The SMILES string of the molecule is Cc1cc(C(=O)N2CCCC(C(=O)Nc3ccc(F)cc3)C2)c(C)o1. The summed E-state index contributed by atoms with van der Waals surface area (Å²) >= 11 is 0. The zero-order valence-corrected chi connectivity index (χ0v) is 14.3. The standard InChI is InChI=1S/C19H21FN2O3/c1-12-10-17(13(2)25-12)19(24)22-9-3-4-14(11-22)18(23)21-16-7-5-15(20)6-8-16/h5-8,10,14H,3-4,9,11H2,1-2H3,(H,21,23). The van der Waals surface area contributed by atoms with Gasteiger partial charge in [0.2, 0.25) is 5.91 Å². The Bertz CT molecular complexity index is 782.